The summed E-state index contributed by atoms with van der Waals surface area (Å²) in [6.45, 7) is 9.14. The number of ether oxygens (including phenoxy) is 5. The molecule has 0 aromatic carbocycles. The van der Waals surface area contributed by atoms with E-state index in [4.69, 9.17) is 23.7 Å². The van der Waals surface area contributed by atoms with Crippen LogP contribution in [0, 0.1) is 11.8 Å². The van der Waals surface area contributed by atoms with Crippen LogP contribution in [-0.4, -0.2) is 97.9 Å². The maximum atomic E-state index is 13.0. The lowest BCUT2D eigenvalue weighted by molar-refractivity contribution is -0.274. The number of aliphatic hydroxyl groups excluding tert-OH is 1. The maximum absolute atomic E-state index is 13.0. The highest BCUT2D eigenvalue weighted by molar-refractivity contribution is 5.91. The second kappa shape index (κ2) is 17.1. The van der Waals surface area contributed by atoms with Gasteiger partial charge in [0.2, 0.25) is 0 Å². The van der Waals surface area contributed by atoms with E-state index in [1.165, 1.54) is 7.11 Å². The lowest BCUT2D eigenvalue weighted by atomic mass is 9.83. The lowest BCUT2D eigenvalue weighted by Crippen LogP contribution is -2.56. The first-order chi connectivity index (χ1) is 19.4. The molecule has 0 aliphatic carbocycles. The summed E-state index contributed by atoms with van der Waals surface area (Å²) < 4.78 is 30.1. The van der Waals surface area contributed by atoms with Crippen molar-refractivity contribution in [1.82, 2.24) is 4.90 Å². The molecule has 10 atom stereocenters. The Morgan fingerprint density at radius 2 is 1.80 bits per heavy atom. The molecule has 0 spiro atoms. The molecule has 234 valence electrons. The van der Waals surface area contributed by atoms with E-state index >= 15 is 0 Å². The van der Waals surface area contributed by atoms with E-state index in [0.717, 1.165) is 0 Å². The quantitative estimate of drug-likeness (QED) is 0.447. The number of cyclic esters (lactones) is 1. The molecular weight excluding hydrogens is 530 g/mol. The highest BCUT2D eigenvalue weighted by Crippen LogP contribution is 2.33. The molecule has 1 saturated heterocycles. The van der Waals surface area contributed by atoms with Gasteiger partial charge in [0.25, 0.3) is 0 Å². The molecule has 2 rings (SSSR count). The molecule has 10 nitrogen and oxygen atoms in total. The molecule has 0 bridgehead atoms. The maximum Gasteiger partial charge on any atom is 0.309 e. The summed E-state index contributed by atoms with van der Waals surface area (Å²) in [5, 5.41) is 10.7. The molecule has 0 radical (unpaired) electrons. The third kappa shape index (κ3) is 10.6. The summed E-state index contributed by atoms with van der Waals surface area (Å²) in [5.41, 5.74) is 0. The van der Waals surface area contributed by atoms with E-state index < -0.39 is 54.9 Å². The van der Waals surface area contributed by atoms with Gasteiger partial charge in [-0.2, -0.15) is 0 Å². The fraction of sp³-hybridized carbons (Fsp3) is 0.774. The first-order valence-electron chi connectivity index (χ1n) is 14.9. The van der Waals surface area contributed by atoms with Gasteiger partial charge in [0, 0.05) is 38.3 Å². The van der Waals surface area contributed by atoms with Crippen molar-refractivity contribution < 1.29 is 43.2 Å². The molecule has 1 N–H and O–H groups in total. The highest BCUT2D eigenvalue weighted by atomic mass is 16.7. The average molecular weight is 582 g/mol. The van der Waals surface area contributed by atoms with Crippen molar-refractivity contribution in [3.05, 3.63) is 24.3 Å². The Morgan fingerprint density at radius 1 is 1.10 bits per heavy atom. The fourth-order valence-corrected chi connectivity index (χ4v) is 5.49. The van der Waals surface area contributed by atoms with E-state index in [9.17, 15) is 19.5 Å². The van der Waals surface area contributed by atoms with Crippen LogP contribution in [0.2, 0.25) is 0 Å². The van der Waals surface area contributed by atoms with Gasteiger partial charge in [0.05, 0.1) is 24.7 Å². The molecular formula is C31H51NO9. The topological polar surface area (TPSA) is 121 Å². The van der Waals surface area contributed by atoms with Crippen molar-refractivity contribution in [2.75, 3.05) is 21.2 Å². The minimum absolute atomic E-state index is 0.0142. The van der Waals surface area contributed by atoms with E-state index in [1.54, 1.807) is 39.0 Å². The third-order valence-corrected chi connectivity index (χ3v) is 7.99. The molecule has 10 heteroatoms. The molecule has 41 heavy (non-hydrogen) atoms. The van der Waals surface area contributed by atoms with Gasteiger partial charge in [-0.25, -0.2) is 0 Å². The van der Waals surface area contributed by atoms with Crippen LogP contribution in [0.25, 0.3) is 0 Å². The predicted octanol–water partition coefficient (Wildman–Crippen LogP) is 3.59. The number of hydrogen-bond donors (Lipinski definition) is 1. The number of methoxy groups -OCH3 is 1. The molecule has 2 aliphatic rings. The van der Waals surface area contributed by atoms with Crippen molar-refractivity contribution in [3.8, 4) is 0 Å². The molecule has 1 fully saturated rings. The van der Waals surface area contributed by atoms with Crippen LogP contribution in [0.4, 0.5) is 0 Å². The van der Waals surface area contributed by atoms with Gasteiger partial charge in [-0.1, -0.05) is 45.4 Å². The SMILES string of the molecule is CCC(=O)OC1CC(=O)OC(C)CC=CC=CC(=O)C(C)CC(CC)C(OC2CC(N(C)C)C(O)C(C)O2)C1OC. The van der Waals surface area contributed by atoms with Crippen LogP contribution in [0.5, 0.6) is 0 Å². The van der Waals surface area contributed by atoms with E-state index in [2.05, 4.69) is 0 Å². The Bertz CT molecular complexity index is 904. The summed E-state index contributed by atoms with van der Waals surface area (Å²) in [6, 6.07) is -0.208. The number of carbonyl (C=O) groups is 3. The third-order valence-electron chi connectivity index (χ3n) is 7.99. The van der Waals surface area contributed by atoms with Gasteiger partial charge in [0.1, 0.15) is 18.3 Å². The lowest BCUT2D eigenvalue weighted by Gasteiger charge is -2.44. The zero-order valence-corrected chi connectivity index (χ0v) is 26.0. The number of rotatable bonds is 7. The van der Waals surface area contributed by atoms with Gasteiger partial charge < -0.3 is 33.7 Å². The van der Waals surface area contributed by atoms with Gasteiger partial charge >= 0.3 is 11.9 Å². The molecule has 2 aliphatic heterocycles. The minimum atomic E-state index is -0.989. The van der Waals surface area contributed by atoms with Crippen LogP contribution < -0.4 is 0 Å². The summed E-state index contributed by atoms with van der Waals surface area (Å²) in [4.78, 5) is 40.5. The van der Waals surface area contributed by atoms with Crippen LogP contribution in [0.15, 0.2) is 24.3 Å². The van der Waals surface area contributed by atoms with E-state index in [0.29, 0.717) is 25.7 Å². The summed E-state index contributed by atoms with van der Waals surface area (Å²) >= 11 is 0. The van der Waals surface area contributed by atoms with Gasteiger partial charge in [0.15, 0.2) is 12.1 Å². The number of carbonyl (C=O) groups excluding carboxylic acids is 3. The summed E-state index contributed by atoms with van der Waals surface area (Å²) in [7, 11) is 5.28. The zero-order chi connectivity index (χ0) is 30.7. The number of hydrogen-bond acceptors (Lipinski definition) is 10. The first kappa shape index (κ1) is 35.1. The van der Waals surface area contributed by atoms with Gasteiger partial charge in [-0.05, 0) is 46.4 Å². The number of likely N-dealkylation sites (N-methyl/N-ethyl adjacent to an activating group) is 1. The molecule has 10 unspecified atom stereocenters. The second-order valence-corrected chi connectivity index (χ2v) is 11.4. The number of nitrogens with zero attached hydrogens (tertiary/aromatic N) is 1. The van der Waals surface area contributed by atoms with Crippen LogP contribution in [0.1, 0.15) is 73.1 Å². The van der Waals surface area contributed by atoms with Crippen molar-refractivity contribution in [1.29, 1.82) is 0 Å². The summed E-state index contributed by atoms with van der Waals surface area (Å²) in [6.07, 6.45) is 3.89. The van der Waals surface area contributed by atoms with Crippen LogP contribution >= 0.6 is 0 Å². The number of aliphatic hydroxyl groups is 1. The molecule has 2 heterocycles. The van der Waals surface area contributed by atoms with Gasteiger partial charge in [-0.3, -0.25) is 14.4 Å². The standard InChI is InChI=1S/C31H51NO9/c1-9-22-16-19(3)24(33)15-13-11-12-14-20(4)38-27(35)18-25(40-26(34)10-2)31(37-8)30(22)41-28-17-23(32(6)7)29(36)21(5)39-28/h11-13,15,19-23,25,28-31,36H,9-10,14,16-18H2,1-8H3. The fourth-order valence-electron chi connectivity index (χ4n) is 5.49. The molecule has 0 aromatic heterocycles. The molecule has 0 saturated carbocycles. The smallest absolute Gasteiger partial charge is 0.309 e. The number of esters is 2. The number of allylic oxidation sites excluding steroid dienone is 3. The van der Waals surface area contributed by atoms with E-state index in [1.807, 2.05) is 38.9 Å². The highest BCUT2D eigenvalue weighted by Gasteiger charge is 2.44. The van der Waals surface area contributed by atoms with Crippen molar-refractivity contribution >= 4 is 17.7 Å². The number of ketones is 1. The Morgan fingerprint density at radius 3 is 2.41 bits per heavy atom. The van der Waals surface area contributed by atoms with Crippen LogP contribution in [-0.2, 0) is 38.1 Å². The molecule has 0 aromatic rings. The Labute approximate surface area is 245 Å². The normalized spacial score (nSPS) is 36.2. The first-order valence-corrected chi connectivity index (χ1v) is 14.9. The monoisotopic (exact) mass is 581 g/mol. The van der Waals surface area contributed by atoms with Gasteiger partial charge in [-0.15, -0.1) is 0 Å². The van der Waals surface area contributed by atoms with Crippen molar-refractivity contribution in [2.45, 2.75) is 122 Å². The van der Waals surface area contributed by atoms with Crippen molar-refractivity contribution in [3.63, 3.8) is 0 Å². The van der Waals surface area contributed by atoms with E-state index in [-0.39, 0.29) is 36.5 Å². The predicted molar refractivity (Wildman–Crippen MR) is 154 cm³/mol. The second-order valence-electron chi connectivity index (χ2n) is 11.4. The van der Waals surface area contributed by atoms with Crippen molar-refractivity contribution in [2.24, 2.45) is 11.8 Å². The Hall–Kier alpha value is -2.11. The summed E-state index contributed by atoms with van der Waals surface area (Å²) in [5.74, 6) is -1.53. The molecule has 0 amide bonds. The Balaban J connectivity index is 2.54. The van der Waals surface area contributed by atoms with Crippen LogP contribution in [0.3, 0.4) is 0 Å². The zero-order valence-electron chi connectivity index (χ0n) is 26.0. The average Bonchev–Trinajstić information content (AvgIpc) is 2.91. The Kier molecular flexibility index (Phi) is 14.6. The minimum Gasteiger partial charge on any atom is -0.462 e. The largest absolute Gasteiger partial charge is 0.462 e.